The van der Waals surface area contributed by atoms with Gasteiger partial charge >= 0.3 is 5.69 Å². The van der Waals surface area contributed by atoms with Gasteiger partial charge in [0, 0.05) is 32.3 Å². The molecule has 0 saturated heterocycles. The fourth-order valence-electron chi connectivity index (χ4n) is 1.16. The molecule has 0 fully saturated rings. The van der Waals surface area contributed by atoms with Gasteiger partial charge < -0.3 is 4.57 Å². The van der Waals surface area contributed by atoms with Crippen molar-refractivity contribution >= 4 is 0 Å². The average molecular weight is 192 g/mol. The smallest absolute Gasteiger partial charge is 0.303 e. The first-order valence-corrected chi connectivity index (χ1v) is 4.36. The van der Waals surface area contributed by atoms with Gasteiger partial charge in [0.2, 0.25) is 0 Å². The zero-order valence-electron chi connectivity index (χ0n) is 8.06. The average Bonchev–Trinajstić information content (AvgIpc) is 2.18. The fourth-order valence-corrected chi connectivity index (χ4v) is 1.16. The van der Waals surface area contributed by atoms with E-state index in [9.17, 15) is 9.59 Å². The summed E-state index contributed by atoms with van der Waals surface area (Å²) in [6, 6.07) is 1.37. The Balaban J connectivity index is 2.97. The van der Waals surface area contributed by atoms with Gasteiger partial charge in [-0.1, -0.05) is 0 Å². The number of nitrogens with zero attached hydrogens (tertiary/aromatic N) is 2. The molecule has 1 aromatic rings. The van der Waals surface area contributed by atoms with E-state index in [1.807, 2.05) is 0 Å². The van der Waals surface area contributed by atoms with Crippen molar-refractivity contribution < 1.29 is 0 Å². The van der Waals surface area contributed by atoms with Crippen LogP contribution in [0.25, 0.3) is 0 Å². The van der Waals surface area contributed by atoms with Crippen LogP contribution in [-0.2, 0) is 13.6 Å². The van der Waals surface area contributed by atoms with Crippen LogP contribution in [0.3, 0.4) is 0 Å². The Morgan fingerprint density at radius 1 is 1.50 bits per heavy atom. The summed E-state index contributed by atoms with van der Waals surface area (Å²) < 4.78 is 2.56. The number of unbranched alkanes of at least 4 members (excludes halogenated alkanes) is 1. The van der Waals surface area contributed by atoms with E-state index >= 15 is 0 Å². The quantitative estimate of drug-likeness (QED) is 0.498. The Kier molecular flexibility index (Phi) is 3.29. The van der Waals surface area contributed by atoms with Gasteiger partial charge in [-0.15, -0.1) is 12.3 Å². The summed E-state index contributed by atoms with van der Waals surface area (Å²) in [5.41, 5.74) is -0.570. The van der Waals surface area contributed by atoms with E-state index in [0.29, 0.717) is 19.4 Å². The SMILES string of the molecule is C#CCCCn1c(=O)ccn(C)c1=O. The molecule has 14 heavy (non-hydrogen) atoms. The van der Waals surface area contributed by atoms with Gasteiger partial charge in [0.1, 0.15) is 0 Å². The molecule has 0 N–H and O–H groups in total. The zero-order valence-corrected chi connectivity index (χ0v) is 8.06. The predicted molar refractivity (Wildman–Crippen MR) is 54.0 cm³/mol. The number of aryl methyl sites for hydroxylation is 1. The van der Waals surface area contributed by atoms with Gasteiger partial charge in [0.15, 0.2) is 0 Å². The van der Waals surface area contributed by atoms with E-state index in [2.05, 4.69) is 5.92 Å². The molecule has 1 rings (SSSR count). The third-order valence-corrected chi connectivity index (χ3v) is 1.94. The van der Waals surface area contributed by atoms with Gasteiger partial charge in [-0.2, -0.15) is 0 Å². The van der Waals surface area contributed by atoms with Gasteiger partial charge in [0.05, 0.1) is 0 Å². The van der Waals surface area contributed by atoms with Crippen LogP contribution in [0.5, 0.6) is 0 Å². The summed E-state index contributed by atoms with van der Waals surface area (Å²) in [5, 5.41) is 0. The van der Waals surface area contributed by atoms with Crippen molar-refractivity contribution in [3.05, 3.63) is 33.1 Å². The van der Waals surface area contributed by atoms with E-state index in [1.54, 1.807) is 7.05 Å². The molecular weight excluding hydrogens is 180 g/mol. The van der Waals surface area contributed by atoms with E-state index in [0.717, 1.165) is 0 Å². The minimum absolute atomic E-state index is 0.273. The fraction of sp³-hybridized carbons (Fsp3) is 0.400. The molecule has 0 aliphatic carbocycles. The van der Waals surface area contributed by atoms with Crippen LogP contribution in [0.1, 0.15) is 12.8 Å². The second-order valence-corrected chi connectivity index (χ2v) is 3.01. The highest BCUT2D eigenvalue weighted by molar-refractivity contribution is 4.87. The van der Waals surface area contributed by atoms with Crippen LogP contribution in [0.4, 0.5) is 0 Å². The molecule has 0 aliphatic rings. The number of hydrogen-bond acceptors (Lipinski definition) is 2. The molecule has 0 amide bonds. The monoisotopic (exact) mass is 192 g/mol. The lowest BCUT2D eigenvalue weighted by atomic mass is 10.3. The highest BCUT2D eigenvalue weighted by Gasteiger charge is 2.00. The Bertz CT molecular complexity index is 462. The Morgan fingerprint density at radius 2 is 2.21 bits per heavy atom. The molecule has 4 heteroatoms. The molecule has 0 unspecified atom stereocenters. The first-order valence-electron chi connectivity index (χ1n) is 4.36. The highest BCUT2D eigenvalue weighted by atomic mass is 16.2. The number of hydrogen-bond donors (Lipinski definition) is 0. The zero-order chi connectivity index (χ0) is 10.6. The maximum absolute atomic E-state index is 11.5. The first kappa shape index (κ1) is 10.3. The van der Waals surface area contributed by atoms with Crippen LogP contribution in [0.15, 0.2) is 21.9 Å². The number of aromatic nitrogens is 2. The van der Waals surface area contributed by atoms with E-state index in [1.165, 1.54) is 21.4 Å². The maximum atomic E-state index is 11.5. The molecule has 74 valence electrons. The maximum Gasteiger partial charge on any atom is 0.330 e. The van der Waals surface area contributed by atoms with Gasteiger partial charge in [-0.3, -0.25) is 9.36 Å². The third kappa shape index (κ3) is 2.13. The lowest BCUT2D eigenvalue weighted by Gasteiger charge is -2.04. The summed E-state index contributed by atoms with van der Waals surface area (Å²) in [4.78, 5) is 22.7. The molecule has 0 saturated carbocycles. The van der Waals surface area contributed by atoms with Crippen LogP contribution in [0.2, 0.25) is 0 Å². The molecule has 0 aromatic carbocycles. The van der Waals surface area contributed by atoms with E-state index in [-0.39, 0.29) is 11.2 Å². The standard InChI is InChI=1S/C10H12N2O2/c1-3-4-5-7-12-9(13)6-8-11(2)10(12)14/h1,6,8H,4-5,7H2,2H3. The normalized spacial score (nSPS) is 9.71. The molecule has 0 radical (unpaired) electrons. The van der Waals surface area contributed by atoms with Crippen LogP contribution < -0.4 is 11.2 Å². The van der Waals surface area contributed by atoms with Crippen molar-refractivity contribution in [2.24, 2.45) is 7.05 Å². The highest BCUT2D eigenvalue weighted by Crippen LogP contribution is 1.87. The van der Waals surface area contributed by atoms with E-state index in [4.69, 9.17) is 6.42 Å². The van der Waals surface area contributed by atoms with Gasteiger partial charge in [0.25, 0.3) is 5.56 Å². The predicted octanol–water partition coefficient (Wildman–Crippen LogP) is -0.0396. The van der Waals surface area contributed by atoms with Crippen molar-refractivity contribution in [3.8, 4) is 12.3 Å². The first-order chi connectivity index (χ1) is 6.66. The molecular formula is C10H12N2O2. The Hall–Kier alpha value is -1.76. The molecule has 1 heterocycles. The lowest BCUT2D eigenvalue weighted by molar-refractivity contribution is 0.569. The second-order valence-electron chi connectivity index (χ2n) is 3.01. The van der Waals surface area contributed by atoms with Gasteiger partial charge in [-0.25, -0.2) is 4.79 Å². The molecule has 0 spiro atoms. The summed E-state index contributed by atoms with van der Waals surface area (Å²) >= 11 is 0. The van der Waals surface area contributed by atoms with Crippen molar-refractivity contribution in [2.45, 2.75) is 19.4 Å². The molecule has 0 aliphatic heterocycles. The molecule has 0 atom stereocenters. The van der Waals surface area contributed by atoms with Crippen molar-refractivity contribution in [2.75, 3.05) is 0 Å². The van der Waals surface area contributed by atoms with Crippen molar-refractivity contribution in [1.29, 1.82) is 0 Å². The topological polar surface area (TPSA) is 44.0 Å². The lowest BCUT2D eigenvalue weighted by Crippen LogP contribution is -2.37. The summed E-state index contributed by atoms with van der Waals surface area (Å²) in [6.07, 6.45) is 7.76. The largest absolute Gasteiger partial charge is 0.330 e. The summed E-state index contributed by atoms with van der Waals surface area (Å²) in [5.74, 6) is 2.47. The number of rotatable bonds is 3. The Labute approximate surface area is 81.8 Å². The summed E-state index contributed by atoms with van der Waals surface area (Å²) in [7, 11) is 1.61. The molecule has 1 aromatic heterocycles. The second kappa shape index (κ2) is 4.47. The Morgan fingerprint density at radius 3 is 2.86 bits per heavy atom. The van der Waals surface area contributed by atoms with Crippen molar-refractivity contribution in [1.82, 2.24) is 9.13 Å². The summed E-state index contributed by atoms with van der Waals surface area (Å²) in [6.45, 7) is 0.385. The van der Waals surface area contributed by atoms with Crippen LogP contribution in [0, 0.1) is 12.3 Å². The van der Waals surface area contributed by atoms with E-state index < -0.39 is 0 Å². The number of terminal acetylenes is 1. The minimum Gasteiger partial charge on any atom is -0.303 e. The molecule has 4 nitrogen and oxygen atoms in total. The minimum atomic E-state index is -0.297. The third-order valence-electron chi connectivity index (χ3n) is 1.94. The van der Waals surface area contributed by atoms with Crippen LogP contribution in [-0.4, -0.2) is 9.13 Å². The van der Waals surface area contributed by atoms with Crippen molar-refractivity contribution in [3.63, 3.8) is 0 Å². The van der Waals surface area contributed by atoms with Crippen LogP contribution >= 0.6 is 0 Å². The molecule has 0 bridgehead atoms. The van der Waals surface area contributed by atoms with Gasteiger partial charge in [-0.05, 0) is 6.42 Å².